The topological polar surface area (TPSA) is 88.1 Å². The summed E-state index contributed by atoms with van der Waals surface area (Å²) in [6, 6.07) is 9.23. The van der Waals surface area contributed by atoms with Crippen LogP contribution in [-0.2, 0) is 28.7 Å². The molecule has 0 bridgehead atoms. The molecule has 0 unspecified atom stereocenters. The minimum Gasteiger partial charge on any atom is -0.316 e. The van der Waals surface area contributed by atoms with Gasteiger partial charge in [0.2, 0.25) is 10.0 Å². The summed E-state index contributed by atoms with van der Waals surface area (Å²) in [7, 11) is -3.42. The first-order valence-corrected chi connectivity index (χ1v) is 10.6. The summed E-state index contributed by atoms with van der Waals surface area (Å²) in [5.74, 6) is 0.608. The summed E-state index contributed by atoms with van der Waals surface area (Å²) >= 11 is 1.46. The van der Waals surface area contributed by atoms with Crippen LogP contribution in [-0.4, -0.2) is 34.2 Å². The molecule has 0 fully saturated rings. The number of thiazole rings is 1. The summed E-state index contributed by atoms with van der Waals surface area (Å²) in [5, 5.41) is 5.75. The zero-order valence-electron chi connectivity index (χ0n) is 13.9. The van der Waals surface area contributed by atoms with Crippen LogP contribution in [0.3, 0.4) is 0 Å². The number of benzene rings is 1. The smallest absolute Gasteiger partial charge is 0.218 e. The number of anilines is 2. The molecular weight excluding hydrogens is 370 g/mol. The summed E-state index contributed by atoms with van der Waals surface area (Å²) in [6.07, 6.45) is 3.78. The van der Waals surface area contributed by atoms with Crippen molar-refractivity contribution in [3.05, 3.63) is 65.1 Å². The highest BCUT2D eigenvalue weighted by atomic mass is 32.2. The van der Waals surface area contributed by atoms with E-state index in [1.54, 1.807) is 6.20 Å². The van der Waals surface area contributed by atoms with Gasteiger partial charge in [0.15, 0.2) is 5.13 Å². The van der Waals surface area contributed by atoms with E-state index >= 15 is 0 Å². The van der Waals surface area contributed by atoms with Gasteiger partial charge in [-0.15, -0.1) is 11.3 Å². The lowest BCUT2D eigenvalue weighted by Gasteiger charge is -2.28. The van der Waals surface area contributed by atoms with E-state index in [-0.39, 0.29) is 12.3 Å². The second kappa shape index (κ2) is 7.10. The molecule has 0 amide bonds. The molecule has 134 valence electrons. The molecule has 2 aromatic heterocycles. The minimum absolute atomic E-state index is 0.00783. The first-order chi connectivity index (χ1) is 12.6. The third-order valence-corrected chi connectivity index (χ3v) is 6.70. The van der Waals surface area contributed by atoms with Gasteiger partial charge in [-0.3, -0.25) is 0 Å². The molecule has 0 radical (unpaired) electrons. The second-order valence-corrected chi connectivity index (χ2v) is 8.80. The Labute approximate surface area is 155 Å². The van der Waals surface area contributed by atoms with Gasteiger partial charge in [0.1, 0.15) is 12.1 Å². The highest BCUT2D eigenvalue weighted by molar-refractivity contribution is 7.88. The van der Waals surface area contributed by atoms with Crippen molar-refractivity contribution in [3.8, 4) is 0 Å². The fourth-order valence-corrected chi connectivity index (χ4v) is 4.94. The van der Waals surface area contributed by atoms with Crippen molar-refractivity contribution in [2.24, 2.45) is 0 Å². The van der Waals surface area contributed by atoms with Gasteiger partial charge >= 0.3 is 0 Å². The molecule has 0 atom stereocenters. The van der Waals surface area contributed by atoms with Gasteiger partial charge in [-0.2, -0.15) is 4.31 Å². The molecule has 3 aromatic rings. The van der Waals surface area contributed by atoms with Crippen molar-refractivity contribution in [1.29, 1.82) is 0 Å². The van der Waals surface area contributed by atoms with Gasteiger partial charge < -0.3 is 5.32 Å². The number of hydrogen-bond donors (Lipinski definition) is 1. The highest BCUT2D eigenvalue weighted by Gasteiger charge is 2.29. The molecule has 3 heterocycles. The highest BCUT2D eigenvalue weighted by Crippen LogP contribution is 2.28. The van der Waals surface area contributed by atoms with Gasteiger partial charge in [0.25, 0.3) is 0 Å². The SMILES string of the molecule is O=S(=O)(Cc1ccccc1)N1CCc2ncnc(Nc3nccs3)c2C1. The van der Waals surface area contributed by atoms with Crippen LogP contribution in [0.1, 0.15) is 16.8 Å². The second-order valence-electron chi connectivity index (χ2n) is 5.94. The maximum absolute atomic E-state index is 12.8. The van der Waals surface area contributed by atoms with Crippen LogP contribution >= 0.6 is 11.3 Å². The van der Waals surface area contributed by atoms with Crippen LogP contribution < -0.4 is 5.32 Å². The monoisotopic (exact) mass is 387 g/mol. The van der Waals surface area contributed by atoms with Crippen LogP contribution in [0.2, 0.25) is 0 Å². The molecule has 7 nitrogen and oxygen atoms in total. The standard InChI is InChI=1S/C17H17N5O2S2/c23-26(24,11-13-4-2-1-3-5-13)22-8-6-15-14(10-22)16(20-12-19-15)21-17-18-7-9-25-17/h1-5,7,9,12H,6,8,10-11H2,(H,18,19,20,21). The number of nitrogens with zero attached hydrogens (tertiary/aromatic N) is 4. The zero-order chi connectivity index (χ0) is 18.0. The number of nitrogens with one attached hydrogen (secondary N) is 1. The number of sulfonamides is 1. The molecule has 1 aliphatic rings. The van der Waals surface area contributed by atoms with E-state index in [1.165, 1.54) is 22.0 Å². The normalized spacial score (nSPS) is 14.8. The lowest BCUT2D eigenvalue weighted by atomic mass is 10.1. The van der Waals surface area contributed by atoms with Crippen molar-refractivity contribution in [2.45, 2.75) is 18.7 Å². The number of rotatable bonds is 5. The van der Waals surface area contributed by atoms with Gasteiger partial charge in [0.05, 0.1) is 11.4 Å². The van der Waals surface area contributed by atoms with Gasteiger partial charge in [-0.1, -0.05) is 30.3 Å². The molecule has 0 saturated carbocycles. The average molecular weight is 387 g/mol. The summed E-state index contributed by atoms with van der Waals surface area (Å²) in [5.41, 5.74) is 2.47. The Kier molecular flexibility index (Phi) is 4.66. The molecule has 0 saturated heterocycles. The van der Waals surface area contributed by atoms with E-state index in [1.807, 2.05) is 35.7 Å². The maximum Gasteiger partial charge on any atom is 0.218 e. The Morgan fingerprint density at radius 1 is 1.15 bits per heavy atom. The molecule has 26 heavy (non-hydrogen) atoms. The Balaban J connectivity index is 1.58. The van der Waals surface area contributed by atoms with Crippen molar-refractivity contribution in [3.63, 3.8) is 0 Å². The third kappa shape index (κ3) is 3.59. The number of fused-ring (bicyclic) bond motifs is 1. The van der Waals surface area contributed by atoms with Crippen molar-refractivity contribution < 1.29 is 8.42 Å². The minimum atomic E-state index is -3.42. The average Bonchev–Trinajstić information content (AvgIpc) is 3.15. The van der Waals surface area contributed by atoms with E-state index in [9.17, 15) is 8.42 Å². The van der Waals surface area contributed by atoms with Crippen molar-refractivity contribution >= 4 is 32.3 Å². The summed E-state index contributed by atoms with van der Waals surface area (Å²) < 4.78 is 27.2. The van der Waals surface area contributed by atoms with E-state index in [4.69, 9.17) is 0 Å². The molecule has 9 heteroatoms. The zero-order valence-corrected chi connectivity index (χ0v) is 15.5. The largest absolute Gasteiger partial charge is 0.316 e. The Hall–Kier alpha value is -2.36. The fraction of sp³-hybridized carbons (Fsp3) is 0.235. The molecule has 4 rings (SSSR count). The molecule has 1 aromatic carbocycles. The predicted molar refractivity (Wildman–Crippen MR) is 101 cm³/mol. The molecular formula is C17H17N5O2S2. The van der Waals surface area contributed by atoms with E-state index < -0.39 is 10.0 Å². The van der Waals surface area contributed by atoms with Gasteiger partial charge in [-0.25, -0.2) is 23.4 Å². The Morgan fingerprint density at radius 3 is 2.77 bits per heavy atom. The van der Waals surface area contributed by atoms with Crippen LogP contribution in [0.5, 0.6) is 0 Å². The predicted octanol–water partition coefficient (Wildman–Crippen LogP) is 2.56. The summed E-state index contributed by atoms with van der Waals surface area (Å²) in [6.45, 7) is 0.689. The maximum atomic E-state index is 12.8. The fourth-order valence-electron chi connectivity index (χ4n) is 2.92. The van der Waals surface area contributed by atoms with Crippen LogP contribution in [0.4, 0.5) is 10.9 Å². The number of aromatic nitrogens is 3. The van der Waals surface area contributed by atoms with Crippen molar-refractivity contribution in [1.82, 2.24) is 19.3 Å². The first kappa shape index (κ1) is 17.1. The van der Waals surface area contributed by atoms with Gasteiger partial charge in [-0.05, 0) is 5.56 Å². The van der Waals surface area contributed by atoms with Crippen molar-refractivity contribution in [2.75, 3.05) is 11.9 Å². The van der Waals surface area contributed by atoms with Crippen LogP contribution in [0.15, 0.2) is 48.2 Å². The van der Waals surface area contributed by atoms with Crippen LogP contribution in [0.25, 0.3) is 0 Å². The molecule has 0 spiro atoms. The molecule has 0 aliphatic carbocycles. The van der Waals surface area contributed by atoms with Gasteiger partial charge in [0, 0.05) is 36.7 Å². The Morgan fingerprint density at radius 2 is 2.00 bits per heavy atom. The lowest BCUT2D eigenvalue weighted by molar-refractivity contribution is 0.387. The molecule has 1 aliphatic heterocycles. The first-order valence-electron chi connectivity index (χ1n) is 8.13. The quantitative estimate of drug-likeness (QED) is 0.724. The van der Waals surface area contributed by atoms with E-state index in [2.05, 4.69) is 20.3 Å². The van der Waals surface area contributed by atoms with E-state index in [0.29, 0.717) is 18.8 Å². The summed E-state index contributed by atoms with van der Waals surface area (Å²) in [4.78, 5) is 12.8. The molecule has 1 N–H and O–H groups in total. The lowest BCUT2D eigenvalue weighted by Crippen LogP contribution is -2.37. The Bertz CT molecular complexity index is 991. The van der Waals surface area contributed by atoms with Crippen LogP contribution in [0, 0.1) is 0 Å². The third-order valence-electron chi connectivity index (χ3n) is 4.21. The number of hydrogen-bond acceptors (Lipinski definition) is 7. The van der Waals surface area contributed by atoms with E-state index in [0.717, 1.165) is 22.0 Å².